The van der Waals surface area contributed by atoms with Crippen LogP contribution in [0.3, 0.4) is 0 Å². The average Bonchev–Trinajstić information content (AvgIpc) is 2.18. The number of methoxy groups -OCH3 is 1. The Morgan fingerprint density at radius 2 is 2.20 bits per heavy atom. The molecule has 4 nitrogen and oxygen atoms in total. The minimum atomic E-state index is -0.502. The number of aliphatic hydroxyl groups excluding tert-OH is 1. The van der Waals surface area contributed by atoms with Gasteiger partial charge in [0.25, 0.3) is 0 Å². The van der Waals surface area contributed by atoms with Gasteiger partial charge in [-0.15, -0.1) is 0 Å². The van der Waals surface area contributed by atoms with Crippen LogP contribution in [0.5, 0.6) is 11.5 Å². The summed E-state index contributed by atoms with van der Waals surface area (Å²) in [6, 6.07) is 2.53. The van der Waals surface area contributed by atoms with Gasteiger partial charge in [-0.05, 0) is 18.6 Å². The Hall–Kier alpha value is -0.970. The van der Waals surface area contributed by atoms with Crippen molar-refractivity contribution in [3.05, 3.63) is 22.7 Å². The highest BCUT2D eigenvalue weighted by Gasteiger charge is 2.17. The molecule has 0 aromatic heterocycles. The van der Waals surface area contributed by atoms with Gasteiger partial charge in [0.15, 0.2) is 0 Å². The summed E-state index contributed by atoms with van der Waals surface area (Å²) < 4.78 is 5.01. The molecule has 1 unspecified atom stereocenters. The third-order valence-electron chi connectivity index (χ3n) is 2.15. The Kier molecular flexibility index (Phi) is 4.20. The minimum Gasteiger partial charge on any atom is -0.508 e. The molecule has 1 aromatic rings. The number of phenolic OH excluding ortho intramolecular Hbond substituents is 1. The minimum absolute atomic E-state index is 0.0155. The molecule has 0 bridgehead atoms. The van der Waals surface area contributed by atoms with Gasteiger partial charge in [0.2, 0.25) is 0 Å². The van der Waals surface area contributed by atoms with Crippen molar-refractivity contribution in [3.63, 3.8) is 0 Å². The van der Waals surface area contributed by atoms with E-state index in [2.05, 4.69) is 0 Å². The Morgan fingerprint density at radius 1 is 1.53 bits per heavy atom. The summed E-state index contributed by atoms with van der Waals surface area (Å²) in [5.74, 6) is 0.472. The first-order valence-electron chi connectivity index (χ1n) is 4.53. The van der Waals surface area contributed by atoms with Crippen molar-refractivity contribution in [1.82, 2.24) is 0 Å². The zero-order chi connectivity index (χ0) is 11.4. The van der Waals surface area contributed by atoms with E-state index in [-0.39, 0.29) is 12.4 Å². The molecule has 0 heterocycles. The number of hydrogen-bond acceptors (Lipinski definition) is 4. The fourth-order valence-electron chi connectivity index (χ4n) is 1.36. The van der Waals surface area contributed by atoms with Crippen LogP contribution in [0.1, 0.15) is 18.0 Å². The number of benzene rings is 1. The van der Waals surface area contributed by atoms with E-state index in [4.69, 9.17) is 27.2 Å². The molecule has 1 aromatic carbocycles. The molecule has 0 aliphatic rings. The van der Waals surface area contributed by atoms with Gasteiger partial charge in [0.05, 0.1) is 12.1 Å². The second-order valence-electron chi connectivity index (χ2n) is 3.13. The molecule has 0 radical (unpaired) electrons. The van der Waals surface area contributed by atoms with Gasteiger partial charge in [-0.2, -0.15) is 0 Å². The van der Waals surface area contributed by atoms with E-state index in [1.165, 1.54) is 13.2 Å². The van der Waals surface area contributed by atoms with Crippen molar-refractivity contribution in [2.45, 2.75) is 12.5 Å². The van der Waals surface area contributed by atoms with Crippen molar-refractivity contribution in [2.24, 2.45) is 5.73 Å². The van der Waals surface area contributed by atoms with E-state index >= 15 is 0 Å². The quantitative estimate of drug-likeness (QED) is 0.733. The number of hydrogen-bond donors (Lipinski definition) is 3. The van der Waals surface area contributed by atoms with Crippen molar-refractivity contribution in [2.75, 3.05) is 13.7 Å². The lowest BCUT2D eigenvalue weighted by Crippen LogP contribution is -2.13. The molecule has 0 amide bonds. The lowest BCUT2D eigenvalue weighted by Gasteiger charge is -2.16. The number of aliphatic hydroxyl groups is 1. The first-order chi connectivity index (χ1) is 7.11. The van der Waals surface area contributed by atoms with Crippen molar-refractivity contribution in [3.8, 4) is 11.5 Å². The highest BCUT2D eigenvalue weighted by atomic mass is 35.5. The molecule has 0 aliphatic carbocycles. The maximum Gasteiger partial charge on any atom is 0.138 e. The van der Waals surface area contributed by atoms with Crippen LogP contribution < -0.4 is 10.5 Å². The average molecular weight is 232 g/mol. The Balaban J connectivity index is 3.14. The Labute approximate surface area is 93.2 Å². The molecular weight excluding hydrogens is 218 g/mol. The van der Waals surface area contributed by atoms with E-state index in [1.807, 2.05) is 0 Å². The molecule has 1 atom stereocenters. The van der Waals surface area contributed by atoms with E-state index in [1.54, 1.807) is 6.07 Å². The largest absolute Gasteiger partial charge is 0.508 e. The second-order valence-corrected chi connectivity index (χ2v) is 3.51. The number of aromatic hydroxyl groups is 1. The maximum atomic E-state index is 9.61. The van der Waals surface area contributed by atoms with Gasteiger partial charge < -0.3 is 20.7 Å². The van der Waals surface area contributed by atoms with Crippen LogP contribution in [0.2, 0.25) is 5.02 Å². The van der Waals surface area contributed by atoms with E-state index in [9.17, 15) is 5.11 Å². The van der Waals surface area contributed by atoms with Crippen molar-refractivity contribution in [1.29, 1.82) is 0 Å². The van der Waals surface area contributed by atoms with Crippen LogP contribution >= 0.6 is 11.6 Å². The fraction of sp³-hybridized carbons (Fsp3) is 0.400. The van der Waals surface area contributed by atoms with Gasteiger partial charge in [0, 0.05) is 18.2 Å². The predicted molar refractivity (Wildman–Crippen MR) is 58.3 cm³/mol. The first kappa shape index (κ1) is 12.1. The number of halogens is 1. The monoisotopic (exact) mass is 231 g/mol. The molecule has 84 valence electrons. The number of nitrogens with two attached hydrogens (primary N) is 1. The number of ether oxygens (including phenoxy) is 1. The summed E-state index contributed by atoms with van der Waals surface area (Å²) in [5.41, 5.74) is 6.18. The third-order valence-corrected chi connectivity index (χ3v) is 2.54. The molecule has 0 fully saturated rings. The first-order valence-corrected chi connectivity index (χ1v) is 4.91. The Morgan fingerprint density at radius 3 is 2.73 bits per heavy atom. The summed E-state index contributed by atoms with van der Waals surface area (Å²) in [6.45, 7) is -0.0614. The number of phenols is 1. The summed E-state index contributed by atoms with van der Waals surface area (Å²) in [7, 11) is 1.49. The lowest BCUT2D eigenvalue weighted by atomic mass is 10.0. The number of rotatable bonds is 4. The summed E-state index contributed by atoms with van der Waals surface area (Å²) in [4.78, 5) is 0. The van der Waals surface area contributed by atoms with Crippen LogP contribution in [0.25, 0.3) is 0 Å². The van der Waals surface area contributed by atoms with Gasteiger partial charge in [-0.3, -0.25) is 0 Å². The van der Waals surface area contributed by atoms with Crippen LogP contribution in [-0.4, -0.2) is 23.9 Å². The predicted octanol–water partition coefficient (Wildman–Crippen LogP) is 1.44. The summed E-state index contributed by atoms with van der Waals surface area (Å²) in [5, 5.41) is 18.7. The molecule has 15 heavy (non-hydrogen) atoms. The normalized spacial score (nSPS) is 12.5. The highest BCUT2D eigenvalue weighted by molar-refractivity contribution is 6.33. The van der Waals surface area contributed by atoms with Crippen LogP contribution in [0.15, 0.2) is 12.1 Å². The molecule has 0 saturated carbocycles. The van der Waals surface area contributed by atoms with Gasteiger partial charge >= 0.3 is 0 Å². The summed E-state index contributed by atoms with van der Waals surface area (Å²) >= 11 is 6.00. The molecule has 5 heteroatoms. The lowest BCUT2D eigenvalue weighted by molar-refractivity contribution is 0.275. The zero-order valence-corrected chi connectivity index (χ0v) is 9.16. The third kappa shape index (κ3) is 2.53. The summed E-state index contributed by atoms with van der Waals surface area (Å²) in [6.07, 6.45) is 0.334. The van der Waals surface area contributed by atoms with Crippen molar-refractivity contribution >= 4 is 11.6 Å². The fourth-order valence-corrected chi connectivity index (χ4v) is 1.73. The molecule has 0 saturated heterocycles. The second kappa shape index (κ2) is 5.21. The van der Waals surface area contributed by atoms with Gasteiger partial charge in [-0.1, -0.05) is 11.6 Å². The zero-order valence-electron chi connectivity index (χ0n) is 8.40. The maximum absolute atomic E-state index is 9.61. The van der Waals surface area contributed by atoms with Gasteiger partial charge in [-0.25, -0.2) is 0 Å². The standard InChI is InChI=1S/C10H14ClNO3/c1-15-8-3-2-7(14)9(10(8)11)6(12)4-5-13/h2-3,6,13-14H,4-5,12H2,1H3. The molecule has 0 spiro atoms. The van der Waals surface area contributed by atoms with Crippen molar-refractivity contribution < 1.29 is 14.9 Å². The van der Waals surface area contributed by atoms with Gasteiger partial charge in [0.1, 0.15) is 11.5 Å². The van der Waals surface area contributed by atoms with E-state index in [0.29, 0.717) is 22.8 Å². The molecule has 0 aliphatic heterocycles. The van der Waals surface area contributed by atoms with E-state index in [0.717, 1.165) is 0 Å². The smallest absolute Gasteiger partial charge is 0.138 e. The SMILES string of the molecule is COc1ccc(O)c(C(N)CCO)c1Cl. The molecule has 4 N–H and O–H groups in total. The molecular formula is C10H14ClNO3. The Bertz CT molecular complexity index is 344. The molecule has 1 rings (SSSR count). The topological polar surface area (TPSA) is 75.7 Å². The van der Waals surface area contributed by atoms with Crippen LogP contribution in [0, 0.1) is 0 Å². The highest BCUT2D eigenvalue weighted by Crippen LogP contribution is 2.38. The van der Waals surface area contributed by atoms with E-state index < -0.39 is 6.04 Å². The van der Waals surface area contributed by atoms with Crippen LogP contribution in [0.4, 0.5) is 0 Å². The van der Waals surface area contributed by atoms with Crippen LogP contribution in [-0.2, 0) is 0 Å².